The van der Waals surface area contributed by atoms with Crippen molar-refractivity contribution < 1.29 is 0 Å². The molecule has 4 rings (SSSR count). The monoisotopic (exact) mass is 416 g/mol. The van der Waals surface area contributed by atoms with Crippen LogP contribution in [-0.2, 0) is 18.8 Å². The second-order valence-electron chi connectivity index (χ2n) is 6.75. The van der Waals surface area contributed by atoms with Gasteiger partial charge in [0.1, 0.15) is 12.4 Å². The van der Waals surface area contributed by atoms with Crippen LogP contribution in [0.4, 0.5) is 0 Å². The maximum Gasteiger partial charge on any atom is 0.262 e. The molecule has 150 valence electrons. The van der Waals surface area contributed by atoms with Crippen LogP contribution in [0.1, 0.15) is 18.3 Å². The molecule has 0 aliphatic rings. The lowest BCUT2D eigenvalue weighted by molar-refractivity contribution is 0.684. The summed E-state index contributed by atoms with van der Waals surface area (Å²) in [6.07, 6.45) is 0. The molecule has 0 radical (unpaired) electrons. The third kappa shape index (κ3) is 3.60. The first-order valence-electron chi connectivity index (χ1n) is 9.61. The second-order valence-corrected chi connectivity index (χ2v) is 7.69. The summed E-state index contributed by atoms with van der Waals surface area (Å²) in [5.41, 5.74) is 2.61. The third-order valence-corrected chi connectivity index (χ3v) is 5.88. The summed E-state index contributed by atoms with van der Waals surface area (Å²) in [5.74, 6) is 1.78. The van der Waals surface area contributed by atoms with E-state index < -0.39 is 0 Å². The molecule has 4 aromatic rings. The topological polar surface area (TPSA) is 89.4 Å². The van der Waals surface area contributed by atoms with E-state index >= 15 is 0 Å². The molecule has 0 spiro atoms. The van der Waals surface area contributed by atoms with Crippen LogP contribution in [0, 0.1) is 18.3 Å². The first-order chi connectivity index (χ1) is 14.6. The fourth-order valence-corrected chi connectivity index (χ4v) is 4.34. The summed E-state index contributed by atoms with van der Waals surface area (Å²) in [6, 6.07) is 17.3. The number of rotatable bonds is 6. The molecule has 0 fully saturated rings. The predicted octanol–water partition coefficient (Wildman–Crippen LogP) is 3.80. The zero-order valence-corrected chi connectivity index (χ0v) is 17.6. The minimum atomic E-state index is -0.199. The number of thioether (sulfide) groups is 1. The Labute approximate surface area is 178 Å². The Bertz CT molecular complexity index is 1320. The van der Waals surface area contributed by atoms with Gasteiger partial charge in [-0.05, 0) is 31.5 Å². The van der Waals surface area contributed by atoms with Crippen LogP contribution in [0.15, 0.2) is 58.5 Å². The molecule has 0 N–H and O–H groups in total. The van der Waals surface area contributed by atoms with Gasteiger partial charge in [0.25, 0.3) is 5.56 Å². The maximum atomic E-state index is 12.8. The van der Waals surface area contributed by atoms with E-state index in [1.54, 1.807) is 12.1 Å². The fraction of sp³-hybridized carbons (Fsp3) is 0.227. The van der Waals surface area contributed by atoms with Gasteiger partial charge >= 0.3 is 0 Å². The minimum absolute atomic E-state index is 0.0402. The summed E-state index contributed by atoms with van der Waals surface area (Å²) in [6.45, 7) is 4.78. The summed E-state index contributed by atoms with van der Waals surface area (Å²) in [4.78, 5) is 17.5. The van der Waals surface area contributed by atoms with Crippen molar-refractivity contribution in [2.24, 2.45) is 0 Å². The number of para-hydroxylation sites is 1. The molecule has 7 nitrogen and oxygen atoms in total. The number of nitriles is 1. The summed E-state index contributed by atoms with van der Waals surface area (Å²) in [5, 5.41) is 19.2. The molecule has 0 aliphatic carbocycles. The van der Waals surface area contributed by atoms with Gasteiger partial charge in [-0.2, -0.15) is 5.26 Å². The molecule has 30 heavy (non-hydrogen) atoms. The molecule has 8 heteroatoms. The van der Waals surface area contributed by atoms with E-state index in [0.717, 1.165) is 28.7 Å². The van der Waals surface area contributed by atoms with Crippen LogP contribution < -0.4 is 5.56 Å². The molecule has 2 heterocycles. The molecule has 0 saturated heterocycles. The van der Waals surface area contributed by atoms with Crippen LogP contribution in [0.25, 0.3) is 22.3 Å². The Hall–Kier alpha value is -3.44. The maximum absolute atomic E-state index is 12.8. The number of hydrogen-bond donors (Lipinski definition) is 0. The molecule has 0 amide bonds. The van der Waals surface area contributed by atoms with E-state index in [1.807, 2.05) is 30.3 Å². The zero-order valence-electron chi connectivity index (χ0n) is 16.7. The van der Waals surface area contributed by atoms with Gasteiger partial charge in [-0.25, -0.2) is 4.98 Å². The average molecular weight is 417 g/mol. The largest absolute Gasteiger partial charge is 0.302 e. The number of benzene rings is 2. The molecular weight excluding hydrogens is 396 g/mol. The molecular formula is C22H20N6OS. The van der Waals surface area contributed by atoms with Crippen LogP contribution in [0.3, 0.4) is 0 Å². The molecule has 0 unspecified atom stereocenters. The van der Waals surface area contributed by atoms with Gasteiger partial charge in [0.2, 0.25) is 0 Å². The smallest absolute Gasteiger partial charge is 0.262 e. The molecule has 0 saturated carbocycles. The fourth-order valence-electron chi connectivity index (χ4n) is 3.39. The molecule has 2 aromatic carbocycles. The van der Waals surface area contributed by atoms with Gasteiger partial charge in [0, 0.05) is 12.1 Å². The number of nitrogens with zero attached hydrogens (tertiary/aromatic N) is 6. The number of hydrogen-bond acceptors (Lipinski definition) is 6. The van der Waals surface area contributed by atoms with Gasteiger partial charge in [-0.3, -0.25) is 9.36 Å². The zero-order chi connectivity index (χ0) is 21.1. The van der Waals surface area contributed by atoms with Crippen molar-refractivity contribution in [3.8, 4) is 17.5 Å². The van der Waals surface area contributed by atoms with E-state index in [2.05, 4.69) is 45.7 Å². The number of aromatic nitrogens is 5. The molecule has 0 atom stereocenters. The van der Waals surface area contributed by atoms with Gasteiger partial charge in [0.15, 0.2) is 11.0 Å². The van der Waals surface area contributed by atoms with E-state index in [0.29, 0.717) is 22.5 Å². The molecule has 0 aliphatic heterocycles. The Morgan fingerprint density at radius 1 is 1.07 bits per heavy atom. The van der Waals surface area contributed by atoms with Crippen molar-refractivity contribution in [3.63, 3.8) is 0 Å². The highest BCUT2D eigenvalue weighted by molar-refractivity contribution is 7.98. The van der Waals surface area contributed by atoms with Crippen LogP contribution in [-0.4, -0.2) is 24.3 Å². The van der Waals surface area contributed by atoms with Gasteiger partial charge in [0.05, 0.1) is 22.7 Å². The van der Waals surface area contributed by atoms with E-state index in [-0.39, 0.29) is 12.1 Å². The third-order valence-electron chi connectivity index (χ3n) is 4.92. The lowest BCUT2D eigenvalue weighted by Gasteiger charge is -2.11. The van der Waals surface area contributed by atoms with Crippen molar-refractivity contribution >= 4 is 22.7 Å². The number of fused-ring (bicyclic) bond motifs is 1. The summed E-state index contributed by atoms with van der Waals surface area (Å²) >= 11 is 1.46. The molecule has 0 bridgehead atoms. The Balaban J connectivity index is 1.70. The van der Waals surface area contributed by atoms with Crippen molar-refractivity contribution in [1.29, 1.82) is 5.26 Å². The summed E-state index contributed by atoms with van der Waals surface area (Å²) < 4.78 is 3.49. The number of aryl methyl sites for hydroxylation is 1. The standard InChI is InChI=1S/C22H20N6OS/c1-3-27-20(16-9-5-4-8-15(16)2)25-26-22(27)30-14-19-24-18-11-7-6-10-17(18)21(29)28(19)13-12-23/h4-11H,3,13-14H2,1-2H3. The SMILES string of the molecule is CCn1c(SCc2nc3ccccc3c(=O)n2CC#N)nnc1-c1ccccc1C. The Morgan fingerprint density at radius 2 is 1.83 bits per heavy atom. The van der Waals surface area contributed by atoms with Crippen LogP contribution in [0.2, 0.25) is 0 Å². The highest BCUT2D eigenvalue weighted by atomic mass is 32.2. The quantitative estimate of drug-likeness (QED) is 0.444. The van der Waals surface area contributed by atoms with Crippen molar-refractivity contribution in [1.82, 2.24) is 24.3 Å². The summed E-state index contributed by atoms with van der Waals surface area (Å²) in [7, 11) is 0. The van der Waals surface area contributed by atoms with Crippen molar-refractivity contribution in [3.05, 3.63) is 70.3 Å². The molecule has 2 aromatic heterocycles. The van der Waals surface area contributed by atoms with Gasteiger partial charge in [-0.1, -0.05) is 48.2 Å². The average Bonchev–Trinajstić information content (AvgIpc) is 3.17. The lowest BCUT2D eigenvalue weighted by atomic mass is 10.1. The second kappa shape index (κ2) is 8.51. The van der Waals surface area contributed by atoms with Crippen LogP contribution in [0.5, 0.6) is 0 Å². The highest BCUT2D eigenvalue weighted by Gasteiger charge is 2.17. The predicted molar refractivity (Wildman–Crippen MR) is 117 cm³/mol. The minimum Gasteiger partial charge on any atom is -0.302 e. The first kappa shape index (κ1) is 19.9. The Morgan fingerprint density at radius 3 is 2.60 bits per heavy atom. The lowest BCUT2D eigenvalue weighted by Crippen LogP contribution is -2.24. The van der Waals surface area contributed by atoms with Crippen molar-refractivity contribution in [2.45, 2.75) is 37.8 Å². The van der Waals surface area contributed by atoms with Gasteiger partial charge < -0.3 is 4.57 Å². The van der Waals surface area contributed by atoms with E-state index in [1.165, 1.54) is 16.3 Å². The van der Waals surface area contributed by atoms with E-state index in [4.69, 9.17) is 0 Å². The van der Waals surface area contributed by atoms with E-state index in [9.17, 15) is 10.1 Å². The Kier molecular flexibility index (Phi) is 5.63. The highest BCUT2D eigenvalue weighted by Crippen LogP contribution is 2.27. The van der Waals surface area contributed by atoms with Crippen LogP contribution >= 0.6 is 11.8 Å². The van der Waals surface area contributed by atoms with Crippen molar-refractivity contribution in [2.75, 3.05) is 0 Å². The first-order valence-corrected chi connectivity index (χ1v) is 10.6. The van der Waals surface area contributed by atoms with Gasteiger partial charge in [-0.15, -0.1) is 10.2 Å². The normalized spacial score (nSPS) is 11.0.